The lowest BCUT2D eigenvalue weighted by atomic mass is 10.1. The van der Waals surface area contributed by atoms with Crippen LogP contribution in [0.25, 0.3) is 0 Å². The van der Waals surface area contributed by atoms with Crippen molar-refractivity contribution in [3.8, 4) is 11.5 Å². The van der Waals surface area contributed by atoms with Gasteiger partial charge in [-0.2, -0.15) is 0 Å². The van der Waals surface area contributed by atoms with Gasteiger partial charge in [0.1, 0.15) is 0 Å². The van der Waals surface area contributed by atoms with Gasteiger partial charge in [0.25, 0.3) is 0 Å². The summed E-state index contributed by atoms with van der Waals surface area (Å²) in [5, 5.41) is 6.95. The van der Waals surface area contributed by atoms with Crippen LogP contribution in [-0.4, -0.2) is 51.2 Å². The number of methoxy groups -OCH3 is 2. The number of hydrogen-bond donors (Lipinski definition) is 2. The average molecular weight is 391 g/mol. The van der Waals surface area contributed by atoms with Crippen LogP contribution in [-0.2, 0) is 17.8 Å². The monoisotopic (exact) mass is 391 g/mol. The molecule has 0 radical (unpaired) electrons. The second-order valence-corrected chi connectivity index (χ2v) is 7.02. The summed E-state index contributed by atoms with van der Waals surface area (Å²) in [6, 6.07) is 9.10. The number of hydrogen-bond acceptors (Lipinski definition) is 6. The number of imide groups is 1. The molecule has 0 atom stereocenters. The van der Waals surface area contributed by atoms with Crippen LogP contribution in [0.15, 0.2) is 35.7 Å². The molecule has 0 bridgehead atoms. The highest BCUT2D eigenvalue weighted by atomic mass is 32.1. The Labute approximate surface area is 163 Å². The molecule has 0 aliphatic heterocycles. The molecule has 0 aliphatic carbocycles. The van der Waals surface area contributed by atoms with Crippen molar-refractivity contribution in [1.29, 1.82) is 0 Å². The van der Waals surface area contributed by atoms with Gasteiger partial charge in [-0.25, -0.2) is 4.79 Å². The van der Waals surface area contributed by atoms with Crippen molar-refractivity contribution in [2.45, 2.75) is 13.0 Å². The van der Waals surface area contributed by atoms with E-state index < -0.39 is 6.03 Å². The molecule has 8 heteroatoms. The average Bonchev–Trinajstić information content (AvgIpc) is 3.18. The highest BCUT2D eigenvalue weighted by Gasteiger charge is 2.11. The number of benzene rings is 1. The number of nitrogens with one attached hydrogen (secondary N) is 2. The molecule has 7 nitrogen and oxygen atoms in total. The summed E-state index contributed by atoms with van der Waals surface area (Å²) in [6.07, 6.45) is 0.745. The second-order valence-electron chi connectivity index (χ2n) is 5.99. The number of amides is 3. The maximum absolute atomic E-state index is 12.0. The maximum Gasteiger partial charge on any atom is 0.321 e. The number of rotatable bonds is 9. The minimum Gasteiger partial charge on any atom is -0.493 e. The number of urea groups is 1. The van der Waals surface area contributed by atoms with Gasteiger partial charge in [0.15, 0.2) is 11.5 Å². The normalized spacial score (nSPS) is 10.5. The van der Waals surface area contributed by atoms with Crippen LogP contribution in [0.2, 0.25) is 0 Å². The second kappa shape index (κ2) is 10.5. The first-order valence-electron chi connectivity index (χ1n) is 8.51. The van der Waals surface area contributed by atoms with E-state index in [4.69, 9.17) is 9.47 Å². The molecule has 0 saturated heterocycles. The summed E-state index contributed by atoms with van der Waals surface area (Å²) in [5.74, 6) is 1.02. The molecule has 0 fully saturated rings. The van der Waals surface area contributed by atoms with E-state index in [0.29, 0.717) is 24.6 Å². The van der Waals surface area contributed by atoms with Gasteiger partial charge in [-0.15, -0.1) is 11.3 Å². The minimum atomic E-state index is -0.485. The fourth-order valence-corrected chi connectivity index (χ4v) is 3.12. The molecule has 1 aromatic heterocycles. The lowest BCUT2D eigenvalue weighted by Crippen LogP contribution is -2.43. The van der Waals surface area contributed by atoms with Crippen LogP contribution in [0.5, 0.6) is 11.5 Å². The summed E-state index contributed by atoms with van der Waals surface area (Å²) in [7, 11) is 5.03. The van der Waals surface area contributed by atoms with Crippen molar-refractivity contribution in [3.63, 3.8) is 0 Å². The molecule has 27 heavy (non-hydrogen) atoms. The van der Waals surface area contributed by atoms with Crippen molar-refractivity contribution < 1.29 is 19.1 Å². The van der Waals surface area contributed by atoms with Crippen LogP contribution in [0.1, 0.15) is 10.4 Å². The predicted molar refractivity (Wildman–Crippen MR) is 105 cm³/mol. The van der Waals surface area contributed by atoms with Gasteiger partial charge < -0.3 is 14.8 Å². The van der Waals surface area contributed by atoms with Crippen molar-refractivity contribution in [1.82, 2.24) is 15.5 Å². The molecule has 3 amide bonds. The molecule has 2 rings (SSSR count). The molecular weight excluding hydrogens is 366 g/mol. The molecule has 1 heterocycles. The van der Waals surface area contributed by atoms with Gasteiger partial charge in [0.05, 0.1) is 27.3 Å². The Morgan fingerprint density at radius 2 is 1.93 bits per heavy atom. The van der Waals surface area contributed by atoms with Crippen molar-refractivity contribution in [2.24, 2.45) is 0 Å². The number of thiophene rings is 1. The van der Waals surface area contributed by atoms with Gasteiger partial charge in [-0.3, -0.25) is 15.0 Å². The lowest BCUT2D eigenvalue weighted by molar-refractivity contribution is -0.120. The first-order chi connectivity index (χ1) is 13.0. The van der Waals surface area contributed by atoms with E-state index in [1.165, 1.54) is 0 Å². The zero-order valence-corrected chi connectivity index (χ0v) is 16.6. The maximum atomic E-state index is 12.0. The minimum absolute atomic E-state index is 0.139. The highest BCUT2D eigenvalue weighted by molar-refractivity contribution is 7.09. The molecule has 0 saturated carbocycles. The summed E-state index contributed by atoms with van der Waals surface area (Å²) in [5.41, 5.74) is 1.08. The Bertz CT molecular complexity index is 749. The summed E-state index contributed by atoms with van der Waals surface area (Å²) in [4.78, 5) is 26.6. The molecule has 1 aromatic carbocycles. The van der Waals surface area contributed by atoms with E-state index in [1.807, 2.05) is 47.7 Å². The van der Waals surface area contributed by atoms with Crippen molar-refractivity contribution in [2.75, 3.05) is 34.4 Å². The number of nitrogens with zero attached hydrogens (tertiary/aromatic N) is 1. The molecule has 0 unspecified atom stereocenters. The zero-order chi connectivity index (χ0) is 19.6. The molecule has 0 aliphatic rings. The third-order valence-electron chi connectivity index (χ3n) is 3.90. The predicted octanol–water partition coefficient (Wildman–Crippen LogP) is 2.27. The fourth-order valence-electron chi connectivity index (χ4n) is 2.47. The van der Waals surface area contributed by atoms with Gasteiger partial charge in [-0.05, 0) is 42.6 Å². The van der Waals surface area contributed by atoms with Gasteiger partial charge >= 0.3 is 6.03 Å². The number of likely N-dealkylation sites (N-methyl/N-ethyl adjacent to an activating group) is 1. The Morgan fingerprint density at radius 1 is 1.15 bits per heavy atom. The SMILES string of the molecule is COc1ccc(CCN(C)CC(=O)NC(=O)NCc2cccs2)cc1OC. The van der Waals surface area contributed by atoms with Gasteiger partial charge in [-0.1, -0.05) is 12.1 Å². The third-order valence-corrected chi connectivity index (χ3v) is 4.78. The number of ether oxygens (including phenoxy) is 2. The summed E-state index contributed by atoms with van der Waals surface area (Å²) in [6.45, 7) is 1.21. The Hall–Kier alpha value is -2.58. The first kappa shape index (κ1) is 20.7. The zero-order valence-electron chi connectivity index (χ0n) is 15.8. The Balaban J connectivity index is 1.72. The van der Waals surface area contributed by atoms with E-state index in [9.17, 15) is 9.59 Å². The lowest BCUT2D eigenvalue weighted by Gasteiger charge is -2.16. The standard InChI is InChI=1S/C19H25N3O4S/c1-22(9-8-14-6-7-16(25-2)17(11-14)26-3)13-18(23)21-19(24)20-12-15-5-4-10-27-15/h4-7,10-11H,8-9,12-13H2,1-3H3,(H2,20,21,23,24). The molecule has 2 N–H and O–H groups in total. The Morgan fingerprint density at radius 3 is 2.59 bits per heavy atom. The van der Waals surface area contributed by atoms with Gasteiger partial charge in [0, 0.05) is 11.4 Å². The smallest absolute Gasteiger partial charge is 0.321 e. The van der Waals surface area contributed by atoms with Crippen LogP contribution in [0, 0.1) is 0 Å². The quantitative estimate of drug-likeness (QED) is 0.685. The number of carbonyl (C=O) groups is 2. The van der Waals surface area contributed by atoms with Crippen LogP contribution < -0.4 is 20.1 Å². The fraction of sp³-hybridized carbons (Fsp3) is 0.368. The first-order valence-corrected chi connectivity index (χ1v) is 9.39. The number of carbonyl (C=O) groups excluding carboxylic acids is 2. The molecule has 0 spiro atoms. The van der Waals surface area contributed by atoms with E-state index in [1.54, 1.807) is 25.6 Å². The van der Waals surface area contributed by atoms with Gasteiger partial charge in [0.2, 0.25) is 5.91 Å². The Kier molecular flexibility index (Phi) is 8.09. The highest BCUT2D eigenvalue weighted by Crippen LogP contribution is 2.27. The molecular formula is C19H25N3O4S. The topological polar surface area (TPSA) is 79.9 Å². The van der Waals surface area contributed by atoms with E-state index in [-0.39, 0.29) is 12.5 Å². The molecule has 146 valence electrons. The molecule has 2 aromatic rings. The summed E-state index contributed by atoms with van der Waals surface area (Å²) >= 11 is 1.55. The van der Waals surface area contributed by atoms with Crippen molar-refractivity contribution in [3.05, 3.63) is 46.2 Å². The van der Waals surface area contributed by atoms with Crippen LogP contribution in [0.3, 0.4) is 0 Å². The summed E-state index contributed by atoms with van der Waals surface area (Å²) < 4.78 is 10.5. The van der Waals surface area contributed by atoms with E-state index in [0.717, 1.165) is 16.9 Å². The van der Waals surface area contributed by atoms with Crippen LogP contribution in [0.4, 0.5) is 4.79 Å². The van der Waals surface area contributed by atoms with E-state index >= 15 is 0 Å². The van der Waals surface area contributed by atoms with Crippen LogP contribution >= 0.6 is 11.3 Å². The largest absolute Gasteiger partial charge is 0.493 e. The van der Waals surface area contributed by atoms with Crippen molar-refractivity contribution >= 4 is 23.3 Å². The van der Waals surface area contributed by atoms with E-state index in [2.05, 4.69) is 10.6 Å². The third kappa shape index (κ3) is 6.92.